The average Bonchev–Trinajstić information content (AvgIpc) is 2.75. The third kappa shape index (κ3) is 3.02. The molecule has 0 aromatic heterocycles. The second kappa shape index (κ2) is 5.54. The van der Waals surface area contributed by atoms with Gasteiger partial charge in [0.15, 0.2) is 0 Å². The highest BCUT2D eigenvalue weighted by Gasteiger charge is 2.41. The highest BCUT2D eigenvalue weighted by molar-refractivity contribution is 7.89. The molecule has 1 aliphatic carbocycles. The molecule has 1 saturated carbocycles. The topological polar surface area (TPSA) is 83.9 Å². The first-order valence-electron chi connectivity index (χ1n) is 6.33. The van der Waals surface area contributed by atoms with E-state index in [-0.39, 0.29) is 30.7 Å². The number of sulfonamides is 1. The molecule has 0 radical (unpaired) electrons. The van der Waals surface area contributed by atoms with Crippen LogP contribution >= 0.6 is 0 Å². The van der Waals surface area contributed by atoms with Gasteiger partial charge in [-0.3, -0.25) is 4.79 Å². The maximum Gasteiger partial charge on any atom is 0.303 e. The smallest absolute Gasteiger partial charge is 0.303 e. The van der Waals surface area contributed by atoms with Crippen LogP contribution < -0.4 is 0 Å². The second-order valence-corrected chi connectivity index (χ2v) is 6.87. The van der Waals surface area contributed by atoms with Gasteiger partial charge in [0, 0.05) is 13.0 Å². The summed E-state index contributed by atoms with van der Waals surface area (Å²) in [6.45, 7) is 0.843. The monoisotopic (exact) mass is 277 g/mol. The Labute approximate surface area is 107 Å². The lowest BCUT2D eigenvalue weighted by molar-refractivity contribution is -0.137. The number of ether oxygens (including phenoxy) is 1. The lowest BCUT2D eigenvalue weighted by atomic mass is 10.2. The molecule has 2 atom stereocenters. The van der Waals surface area contributed by atoms with E-state index in [1.54, 1.807) is 0 Å². The predicted molar refractivity (Wildman–Crippen MR) is 64.7 cm³/mol. The number of carbonyl (C=O) groups is 1. The van der Waals surface area contributed by atoms with Crippen LogP contribution in [0.4, 0.5) is 0 Å². The fourth-order valence-electron chi connectivity index (χ4n) is 2.76. The molecule has 2 rings (SSSR count). The summed E-state index contributed by atoms with van der Waals surface area (Å²) in [5.74, 6) is -1.03. The third-order valence-corrected chi connectivity index (χ3v) is 5.55. The molecule has 2 aliphatic rings. The van der Waals surface area contributed by atoms with Gasteiger partial charge >= 0.3 is 5.97 Å². The first-order chi connectivity index (χ1) is 8.50. The van der Waals surface area contributed by atoms with E-state index in [2.05, 4.69) is 0 Å². The lowest BCUT2D eigenvalue weighted by Gasteiger charge is -2.36. The van der Waals surface area contributed by atoms with E-state index >= 15 is 0 Å². The quantitative estimate of drug-likeness (QED) is 0.788. The summed E-state index contributed by atoms with van der Waals surface area (Å²) in [7, 11) is -3.34. The first-order valence-corrected chi connectivity index (χ1v) is 7.94. The van der Waals surface area contributed by atoms with E-state index in [0.717, 1.165) is 19.3 Å². The van der Waals surface area contributed by atoms with Crippen molar-refractivity contribution < 1.29 is 23.1 Å². The maximum atomic E-state index is 12.2. The van der Waals surface area contributed by atoms with Crippen LogP contribution in [0, 0.1) is 0 Å². The normalized spacial score (nSPS) is 29.1. The molecule has 0 aromatic rings. The number of aliphatic carboxylic acids is 1. The summed E-state index contributed by atoms with van der Waals surface area (Å²) in [5, 5.41) is 8.54. The zero-order valence-corrected chi connectivity index (χ0v) is 11.1. The van der Waals surface area contributed by atoms with E-state index in [9.17, 15) is 13.2 Å². The summed E-state index contributed by atoms with van der Waals surface area (Å²) in [6, 6.07) is -0.0337. The van der Waals surface area contributed by atoms with Crippen molar-refractivity contribution in [3.63, 3.8) is 0 Å². The number of carboxylic acids is 1. The van der Waals surface area contributed by atoms with Crippen molar-refractivity contribution in [2.24, 2.45) is 0 Å². The molecular weight excluding hydrogens is 258 g/mol. The number of hydrogen-bond acceptors (Lipinski definition) is 4. The molecule has 7 heteroatoms. The van der Waals surface area contributed by atoms with Gasteiger partial charge in [-0.1, -0.05) is 0 Å². The molecule has 0 spiro atoms. The molecular formula is C11H19NO5S. The summed E-state index contributed by atoms with van der Waals surface area (Å²) in [4.78, 5) is 10.4. The van der Waals surface area contributed by atoms with Crippen LogP contribution in [-0.4, -0.2) is 54.8 Å². The van der Waals surface area contributed by atoms with Crippen molar-refractivity contribution >= 4 is 16.0 Å². The zero-order chi connectivity index (χ0) is 13.2. The molecule has 1 N–H and O–H groups in total. The van der Waals surface area contributed by atoms with Gasteiger partial charge in [0.2, 0.25) is 10.0 Å². The van der Waals surface area contributed by atoms with E-state index in [0.29, 0.717) is 13.2 Å². The van der Waals surface area contributed by atoms with Crippen molar-refractivity contribution in [3.8, 4) is 0 Å². The average molecular weight is 277 g/mol. The Morgan fingerprint density at radius 3 is 2.89 bits per heavy atom. The standard InChI is InChI=1S/C11H19NO5S/c13-11(14)5-2-8-18(15,16)12-6-7-17-10-4-1-3-9(10)12/h9-10H,1-8H2,(H,13,14). The van der Waals surface area contributed by atoms with Crippen LogP contribution in [-0.2, 0) is 19.6 Å². The Kier molecular flexibility index (Phi) is 4.24. The number of carboxylic acid groups (broad SMARTS) is 1. The highest BCUT2D eigenvalue weighted by Crippen LogP contribution is 2.31. The molecule has 1 heterocycles. The summed E-state index contributed by atoms with van der Waals surface area (Å²) >= 11 is 0. The minimum Gasteiger partial charge on any atom is -0.481 e. The van der Waals surface area contributed by atoms with Crippen LogP contribution in [0.3, 0.4) is 0 Å². The van der Waals surface area contributed by atoms with E-state index < -0.39 is 16.0 Å². The molecule has 2 unspecified atom stereocenters. The Morgan fingerprint density at radius 1 is 1.39 bits per heavy atom. The van der Waals surface area contributed by atoms with Gasteiger partial charge in [0.05, 0.1) is 24.5 Å². The highest BCUT2D eigenvalue weighted by atomic mass is 32.2. The SMILES string of the molecule is O=C(O)CCCS(=O)(=O)N1CCOC2CCCC21. The van der Waals surface area contributed by atoms with Crippen LogP contribution in [0.5, 0.6) is 0 Å². The van der Waals surface area contributed by atoms with Gasteiger partial charge in [0.25, 0.3) is 0 Å². The molecule has 104 valence electrons. The summed E-state index contributed by atoms with van der Waals surface area (Å²) < 4.78 is 31.5. The summed E-state index contributed by atoms with van der Waals surface area (Å²) in [5.41, 5.74) is 0. The molecule has 18 heavy (non-hydrogen) atoms. The van der Waals surface area contributed by atoms with Crippen molar-refractivity contribution in [1.82, 2.24) is 4.31 Å². The molecule has 0 amide bonds. The number of rotatable bonds is 5. The molecule has 1 aliphatic heterocycles. The lowest BCUT2D eigenvalue weighted by Crippen LogP contribution is -2.51. The fraction of sp³-hybridized carbons (Fsp3) is 0.909. The zero-order valence-electron chi connectivity index (χ0n) is 10.2. The van der Waals surface area contributed by atoms with E-state index in [1.165, 1.54) is 4.31 Å². The Morgan fingerprint density at radius 2 is 2.17 bits per heavy atom. The van der Waals surface area contributed by atoms with Crippen LogP contribution in [0.1, 0.15) is 32.1 Å². The van der Waals surface area contributed by atoms with Gasteiger partial charge in [-0.15, -0.1) is 0 Å². The third-order valence-electron chi connectivity index (χ3n) is 3.58. The largest absolute Gasteiger partial charge is 0.481 e. The molecule has 1 saturated heterocycles. The van der Waals surface area contributed by atoms with Gasteiger partial charge in [-0.05, 0) is 25.7 Å². The number of hydrogen-bond donors (Lipinski definition) is 1. The van der Waals surface area contributed by atoms with Crippen LogP contribution in [0.2, 0.25) is 0 Å². The Balaban J connectivity index is 1.97. The Hall–Kier alpha value is -0.660. The van der Waals surface area contributed by atoms with Crippen LogP contribution in [0.15, 0.2) is 0 Å². The van der Waals surface area contributed by atoms with E-state index in [1.807, 2.05) is 0 Å². The number of fused-ring (bicyclic) bond motifs is 1. The fourth-order valence-corrected chi connectivity index (χ4v) is 4.51. The van der Waals surface area contributed by atoms with Crippen molar-refractivity contribution in [1.29, 1.82) is 0 Å². The first kappa shape index (κ1) is 13.8. The predicted octanol–water partition coefficient (Wildman–Crippen LogP) is 0.434. The van der Waals surface area contributed by atoms with Crippen LogP contribution in [0.25, 0.3) is 0 Å². The Bertz CT molecular complexity index is 408. The number of morpholine rings is 1. The van der Waals surface area contributed by atoms with Gasteiger partial charge in [-0.25, -0.2) is 8.42 Å². The molecule has 0 bridgehead atoms. The van der Waals surface area contributed by atoms with Crippen molar-refractivity contribution in [2.45, 2.75) is 44.2 Å². The van der Waals surface area contributed by atoms with Gasteiger partial charge < -0.3 is 9.84 Å². The van der Waals surface area contributed by atoms with Gasteiger partial charge in [-0.2, -0.15) is 4.31 Å². The minimum absolute atomic E-state index is 0.0337. The minimum atomic E-state index is -3.34. The van der Waals surface area contributed by atoms with Crippen molar-refractivity contribution in [2.75, 3.05) is 18.9 Å². The second-order valence-electron chi connectivity index (χ2n) is 4.83. The van der Waals surface area contributed by atoms with Gasteiger partial charge in [0.1, 0.15) is 0 Å². The van der Waals surface area contributed by atoms with E-state index in [4.69, 9.17) is 9.84 Å². The molecule has 2 fully saturated rings. The maximum absolute atomic E-state index is 12.2. The number of nitrogens with zero attached hydrogens (tertiary/aromatic N) is 1. The molecule has 0 aromatic carbocycles. The molecule has 6 nitrogen and oxygen atoms in total. The summed E-state index contributed by atoms with van der Waals surface area (Å²) in [6.07, 6.45) is 2.88. The van der Waals surface area contributed by atoms with Crippen molar-refractivity contribution in [3.05, 3.63) is 0 Å².